The lowest BCUT2D eigenvalue weighted by Crippen LogP contribution is -2.01. The number of benzene rings is 3. The Labute approximate surface area is 220 Å². The highest BCUT2D eigenvalue weighted by Gasteiger charge is 2.25. The summed E-state index contributed by atoms with van der Waals surface area (Å²) in [5, 5.41) is 0. The van der Waals surface area contributed by atoms with Crippen LogP contribution >= 0.6 is 37.9 Å². The van der Waals surface area contributed by atoms with Gasteiger partial charge in [-0.25, -0.2) is 65.9 Å². The van der Waals surface area contributed by atoms with Gasteiger partial charge >= 0.3 is 0 Å². The van der Waals surface area contributed by atoms with Gasteiger partial charge in [0.05, 0.1) is 14.7 Å². The maximum absolute atomic E-state index is 12.3. The van der Waals surface area contributed by atoms with E-state index in [1.54, 1.807) is 0 Å². The zero-order valence-electron chi connectivity index (χ0n) is 17.2. The van der Waals surface area contributed by atoms with E-state index in [4.69, 9.17) is 0 Å². The van der Waals surface area contributed by atoms with Crippen LogP contribution in [0, 0.1) is 87.3 Å². The highest BCUT2D eigenvalue weighted by atomic mass is 32.1. The first kappa shape index (κ1) is 40.9. The van der Waals surface area contributed by atoms with E-state index in [1.807, 2.05) is 0 Å². The van der Waals surface area contributed by atoms with Gasteiger partial charge in [0.25, 0.3) is 0 Å². The molecule has 0 fully saturated rings. The van der Waals surface area contributed by atoms with Gasteiger partial charge in [-0.15, -0.1) is 37.9 Å². The van der Waals surface area contributed by atoms with Gasteiger partial charge < -0.3 is 0 Å². The molecule has 0 aromatic heterocycles. The first-order chi connectivity index (χ1) is 16.4. The summed E-state index contributed by atoms with van der Waals surface area (Å²) in [6, 6.07) is 0. The predicted molar refractivity (Wildman–Crippen MR) is 108 cm³/mol. The fraction of sp³-hybridized carbons (Fsp3) is 0. The van der Waals surface area contributed by atoms with Crippen molar-refractivity contribution in [2.24, 2.45) is 0 Å². The largest absolute Gasteiger partial charge is 0.269 e. The van der Waals surface area contributed by atoms with Gasteiger partial charge in [-0.05, 0) is 0 Å². The van der Waals surface area contributed by atoms with Crippen molar-refractivity contribution in [3.63, 3.8) is 0 Å². The highest BCUT2D eigenvalue weighted by molar-refractivity contribution is 7.80. The third-order valence-corrected chi connectivity index (χ3v) is 4.74. The number of halogens is 18. The van der Waals surface area contributed by atoms with E-state index >= 15 is 0 Å². The summed E-state index contributed by atoms with van der Waals surface area (Å²) in [7, 11) is 0. The standard InChI is InChI=1S/3C6HF5S.3FH/c3*7-1-2(8)4(10)6(12)5(11)3(1)9;;;/h3*12H;3*1H. The van der Waals surface area contributed by atoms with Crippen LogP contribution in [0.3, 0.4) is 0 Å². The second kappa shape index (κ2) is 15.9. The van der Waals surface area contributed by atoms with Gasteiger partial charge in [-0.3, -0.25) is 14.1 Å². The summed E-state index contributed by atoms with van der Waals surface area (Å²) in [5.74, 6) is -30.0. The molecule has 0 nitrogen and oxygen atoms in total. The quantitative estimate of drug-likeness (QED) is 0.0917. The second-order valence-corrected chi connectivity index (χ2v) is 7.10. The molecule has 21 heteroatoms. The van der Waals surface area contributed by atoms with Crippen LogP contribution < -0.4 is 0 Å². The molecule has 0 aliphatic rings. The molecule has 0 aliphatic heterocycles. The van der Waals surface area contributed by atoms with Crippen LogP contribution in [0.5, 0.6) is 0 Å². The van der Waals surface area contributed by atoms with Gasteiger partial charge in [0.2, 0.25) is 17.5 Å². The zero-order valence-corrected chi connectivity index (χ0v) is 19.9. The van der Waals surface area contributed by atoms with Crippen molar-refractivity contribution in [1.29, 1.82) is 0 Å². The van der Waals surface area contributed by atoms with Crippen molar-refractivity contribution in [2.45, 2.75) is 14.7 Å². The Bertz CT molecular complexity index is 855. The van der Waals surface area contributed by atoms with Gasteiger partial charge in [-0.1, -0.05) is 0 Å². The smallest absolute Gasteiger partial charge is 0.200 e. The van der Waals surface area contributed by atoms with E-state index < -0.39 is 102 Å². The minimum Gasteiger partial charge on any atom is -0.269 e. The molecule has 0 bridgehead atoms. The Morgan fingerprint density at radius 2 is 0.282 bits per heavy atom. The molecule has 0 atom stereocenters. The molecule has 0 aliphatic carbocycles. The SMILES string of the molecule is F.F.F.Fc1c(F)c(F)c(S)c(F)c1F.Fc1c(F)c(F)c(S)c(F)c1F.Fc1c(F)c(F)c(S)c(F)c1F. The Morgan fingerprint density at radius 1 is 0.205 bits per heavy atom. The molecule has 3 aromatic rings. The summed E-state index contributed by atoms with van der Waals surface area (Å²) in [5.41, 5.74) is 0. The van der Waals surface area contributed by atoms with Crippen molar-refractivity contribution in [1.82, 2.24) is 0 Å². The molecule has 39 heavy (non-hydrogen) atoms. The summed E-state index contributed by atoms with van der Waals surface area (Å²) in [6.07, 6.45) is 0. The number of hydrogen-bond acceptors (Lipinski definition) is 3. The maximum Gasteiger partial charge on any atom is 0.200 e. The number of hydrogen-bond donors (Lipinski definition) is 3. The van der Waals surface area contributed by atoms with Crippen LogP contribution in [0.1, 0.15) is 0 Å². The van der Waals surface area contributed by atoms with Crippen LogP contribution in [0.25, 0.3) is 0 Å². The van der Waals surface area contributed by atoms with Crippen molar-refractivity contribution in [3.05, 3.63) is 87.3 Å². The summed E-state index contributed by atoms with van der Waals surface area (Å²) >= 11 is 9.30. The summed E-state index contributed by atoms with van der Waals surface area (Å²) in [4.78, 5) is -3.52. The number of rotatable bonds is 0. The fourth-order valence-electron chi connectivity index (χ4n) is 1.78. The highest BCUT2D eigenvalue weighted by Crippen LogP contribution is 2.27. The molecule has 3 rings (SSSR count). The molecule has 0 spiro atoms. The number of thiol groups is 3. The van der Waals surface area contributed by atoms with E-state index in [0.29, 0.717) is 0 Å². The topological polar surface area (TPSA) is 0 Å². The van der Waals surface area contributed by atoms with Crippen LogP contribution in [0.2, 0.25) is 0 Å². The van der Waals surface area contributed by atoms with E-state index in [2.05, 4.69) is 37.9 Å². The molecular formula is C18H6F18S3. The Hall–Kier alpha value is -2.55. The Balaban J connectivity index is -0.000000480. The third-order valence-electron chi connectivity index (χ3n) is 3.56. The first-order valence-corrected chi connectivity index (χ1v) is 9.35. The van der Waals surface area contributed by atoms with Gasteiger partial charge in [0, 0.05) is 0 Å². The Morgan fingerprint density at radius 3 is 0.385 bits per heavy atom. The minimum absolute atomic E-state index is 0. The van der Waals surface area contributed by atoms with E-state index in [-0.39, 0.29) is 14.1 Å². The van der Waals surface area contributed by atoms with E-state index in [1.165, 1.54) is 0 Å². The van der Waals surface area contributed by atoms with Crippen molar-refractivity contribution < 1.29 is 80.0 Å². The normalized spacial score (nSPS) is 9.69. The first-order valence-electron chi connectivity index (χ1n) is 8.01. The molecule has 0 saturated carbocycles. The van der Waals surface area contributed by atoms with Gasteiger partial charge in [0.1, 0.15) is 0 Å². The lowest BCUT2D eigenvalue weighted by atomic mass is 10.3. The molecule has 0 radical (unpaired) electrons. The van der Waals surface area contributed by atoms with Crippen LogP contribution in [0.4, 0.5) is 80.0 Å². The molecule has 0 saturated heterocycles. The van der Waals surface area contributed by atoms with Crippen LogP contribution in [0.15, 0.2) is 14.7 Å². The lowest BCUT2D eigenvalue weighted by molar-refractivity contribution is 0.361. The molecule has 0 N–H and O–H groups in total. The molecular weight excluding hydrogens is 654 g/mol. The van der Waals surface area contributed by atoms with Crippen LogP contribution in [-0.4, -0.2) is 0 Å². The van der Waals surface area contributed by atoms with Crippen molar-refractivity contribution >= 4 is 37.9 Å². The van der Waals surface area contributed by atoms with Crippen LogP contribution in [-0.2, 0) is 0 Å². The summed E-state index contributed by atoms with van der Waals surface area (Å²) < 4.78 is 184. The fourth-order valence-corrected chi connectivity index (χ4v) is 2.37. The average Bonchev–Trinajstić information content (AvgIpc) is 2.87. The minimum atomic E-state index is -2.18. The Kier molecular flexibility index (Phi) is 16.7. The van der Waals surface area contributed by atoms with Crippen molar-refractivity contribution in [3.8, 4) is 0 Å². The molecule has 0 heterocycles. The lowest BCUT2D eigenvalue weighted by Gasteiger charge is -2.01. The van der Waals surface area contributed by atoms with E-state index in [0.717, 1.165) is 0 Å². The maximum atomic E-state index is 12.3. The van der Waals surface area contributed by atoms with Gasteiger partial charge in [0.15, 0.2) is 69.8 Å². The molecule has 0 unspecified atom stereocenters. The summed E-state index contributed by atoms with van der Waals surface area (Å²) in [6.45, 7) is 0. The van der Waals surface area contributed by atoms with E-state index in [9.17, 15) is 65.9 Å². The average molecular weight is 660 g/mol. The second-order valence-electron chi connectivity index (χ2n) is 5.76. The van der Waals surface area contributed by atoms with Gasteiger partial charge in [-0.2, -0.15) is 0 Å². The molecule has 3 aromatic carbocycles. The third kappa shape index (κ3) is 8.22. The molecule has 0 amide bonds. The predicted octanol–water partition coefficient (Wildman–Crippen LogP) is 8.47. The zero-order chi connectivity index (χ0) is 28.4. The molecule has 222 valence electrons. The monoisotopic (exact) mass is 660 g/mol. The van der Waals surface area contributed by atoms with Crippen molar-refractivity contribution in [2.75, 3.05) is 0 Å².